The molecule has 1 aromatic heterocycles. The first kappa shape index (κ1) is 13.4. The van der Waals surface area contributed by atoms with Crippen LogP contribution in [0.5, 0.6) is 11.6 Å². The maximum Gasteiger partial charge on any atom is 0.241 e. The van der Waals surface area contributed by atoms with Crippen molar-refractivity contribution in [2.45, 2.75) is 11.8 Å². The molecule has 0 saturated heterocycles. The van der Waals surface area contributed by atoms with Crippen LogP contribution < -0.4 is 10.5 Å². The summed E-state index contributed by atoms with van der Waals surface area (Å²) in [4.78, 5) is 0.197. The third-order valence-electron chi connectivity index (χ3n) is 2.66. The summed E-state index contributed by atoms with van der Waals surface area (Å²) in [7, 11) is -1.56. The van der Waals surface area contributed by atoms with Gasteiger partial charge in [0.15, 0.2) is 9.84 Å². The minimum absolute atomic E-state index is 0.197. The highest BCUT2D eigenvalue weighted by Crippen LogP contribution is 2.30. The van der Waals surface area contributed by atoms with Crippen LogP contribution in [-0.2, 0) is 16.9 Å². The molecule has 1 aromatic carbocycles. The largest absolute Gasteiger partial charge is 0.437 e. The van der Waals surface area contributed by atoms with Gasteiger partial charge < -0.3 is 10.5 Å². The molecule has 0 atom stereocenters. The molecule has 19 heavy (non-hydrogen) atoms. The fourth-order valence-electron chi connectivity index (χ4n) is 1.65. The summed E-state index contributed by atoms with van der Waals surface area (Å²) in [6.07, 6.45) is 1.15. The van der Waals surface area contributed by atoms with Crippen LogP contribution >= 0.6 is 0 Å². The van der Waals surface area contributed by atoms with E-state index in [4.69, 9.17) is 10.5 Å². The summed E-state index contributed by atoms with van der Waals surface area (Å²) in [5.74, 6) is 0.792. The maximum absolute atomic E-state index is 11.5. The second-order valence-electron chi connectivity index (χ2n) is 4.28. The molecular formula is C12H15N3O3S. The van der Waals surface area contributed by atoms with Gasteiger partial charge >= 0.3 is 0 Å². The molecule has 0 bridgehead atoms. The smallest absolute Gasteiger partial charge is 0.241 e. The Labute approximate surface area is 111 Å². The number of rotatable bonds is 3. The molecule has 0 unspecified atom stereocenters. The highest BCUT2D eigenvalue weighted by molar-refractivity contribution is 7.90. The zero-order valence-corrected chi connectivity index (χ0v) is 11.7. The Morgan fingerprint density at radius 2 is 2.05 bits per heavy atom. The first-order valence-electron chi connectivity index (χ1n) is 5.56. The Hall–Kier alpha value is -2.02. The van der Waals surface area contributed by atoms with Crippen LogP contribution in [0.1, 0.15) is 5.69 Å². The molecule has 7 heteroatoms. The van der Waals surface area contributed by atoms with Crippen molar-refractivity contribution in [3.8, 4) is 11.6 Å². The van der Waals surface area contributed by atoms with E-state index in [1.165, 1.54) is 16.8 Å². The van der Waals surface area contributed by atoms with Crippen LogP contribution in [-0.4, -0.2) is 24.5 Å². The van der Waals surface area contributed by atoms with Crippen LogP contribution in [0.15, 0.2) is 29.2 Å². The van der Waals surface area contributed by atoms with Gasteiger partial charge in [-0.1, -0.05) is 6.07 Å². The molecule has 2 rings (SSSR count). The van der Waals surface area contributed by atoms with Gasteiger partial charge in [0.25, 0.3) is 0 Å². The van der Waals surface area contributed by atoms with Crippen molar-refractivity contribution in [2.75, 3.05) is 12.0 Å². The topological polar surface area (TPSA) is 87.2 Å². The van der Waals surface area contributed by atoms with Gasteiger partial charge in [-0.05, 0) is 25.1 Å². The number of ether oxygens (including phenoxy) is 1. The van der Waals surface area contributed by atoms with Crippen molar-refractivity contribution >= 4 is 15.5 Å². The number of benzene rings is 1. The molecule has 0 aliphatic rings. The minimum atomic E-state index is -3.27. The van der Waals surface area contributed by atoms with E-state index in [2.05, 4.69) is 5.10 Å². The maximum atomic E-state index is 11.5. The summed E-state index contributed by atoms with van der Waals surface area (Å²) in [6.45, 7) is 1.77. The van der Waals surface area contributed by atoms with E-state index < -0.39 is 9.84 Å². The number of nitrogen functional groups attached to an aromatic ring is 1. The van der Waals surface area contributed by atoms with Crippen LogP contribution in [0.25, 0.3) is 0 Å². The van der Waals surface area contributed by atoms with E-state index in [9.17, 15) is 8.42 Å². The van der Waals surface area contributed by atoms with Gasteiger partial charge in [0.2, 0.25) is 5.88 Å². The Balaban J connectivity index is 2.39. The molecule has 0 saturated carbocycles. The molecule has 0 aliphatic heterocycles. The van der Waals surface area contributed by atoms with E-state index in [0.29, 0.717) is 23.0 Å². The number of sulfone groups is 1. The lowest BCUT2D eigenvalue weighted by Crippen LogP contribution is -1.99. The molecule has 0 fully saturated rings. The number of anilines is 1. The average molecular weight is 281 g/mol. The molecule has 0 radical (unpaired) electrons. The Kier molecular flexibility index (Phi) is 3.23. The molecule has 1 heterocycles. The predicted octanol–water partition coefficient (Wildman–Crippen LogP) is 1.51. The van der Waals surface area contributed by atoms with Crippen LogP contribution in [0.3, 0.4) is 0 Å². The van der Waals surface area contributed by atoms with Gasteiger partial charge in [-0.2, -0.15) is 5.10 Å². The van der Waals surface area contributed by atoms with E-state index in [1.54, 1.807) is 26.1 Å². The average Bonchev–Trinajstić information content (AvgIpc) is 2.55. The van der Waals surface area contributed by atoms with Gasteiger partial charge in [0, 0.05) is 13.3 Å². The molecule has 6 nitrogen and oxygen atoms in total. The second-order valence-corrected chi connectivity index (χ2v) is 6.29. The van der Waals surface area contributed by atoms with Gasteiger partial charge in [0.05, 0.1) is 10.6 Å². The number of aromatic nitrogens is 2. The molecule has 0 aliphatic carbocycles. The third-order valence-corrected chi connectivity index (χ3v) is 3.77. The van der Waals surface area contributed by atoms with E-state index >= 15 is 0 Å². The van der Waals surface area contributed by atoms with Crippen molar-refractivity contribution in [1.29, 1.82) is 0 Å². The van der Waals surface area contributed by atoms with Crippen molar-refractivity contribution in [3.63, 3.8) is 0 Å². The van der Waals surface area contributed by atoms with Crippen molar-refractivity contribution in [1.82, 2.24) is 9.78 Å². The molecule has 102 valence electrons. The fourth-order valence-corrected chi connectivity index (χ4v) is 2.31. The van der Waals surface area contributed by atoms with E-state index in [-0.39, 0.29) is 4.90 Å². The zero-order valence-electron chi connectivity index (χ0n) is 10.9. The number of hydrogen-bond donors (Lipinski definition) is 1. The third kappa shape index (κ3) is 2.70. The Morgan fingerprint density at radius 3 is 2.58 bits per heavy atom. The Morgan fingerprint density at radius 1 is 1.37 bits per heavy atom. The van der Waals surface area contributed by atoms with E-state index in [1.807, 2.05) is 0 Å². The lowest BCUT2D eigenvalue weighted by atomic mass is 10.3. The SMILES string of the molecule is Cc1nn(C)c(Oc2cccc(S(C)(=O)=O)c2)c1N. The quantitative estimate of drug-likeness (QED) is 0.921. The normalized spacial score (nSPS) is 11.5. The molecule has 0 spiro atoms. The van der Waals surface area contributed by atoms with Crippen LogP contribution in [0, 0.1) is 6.92 Å². The molecule has 2 N–H and O–H groups in total. The Bertz CT molecular complexity index is 720. The molecule has 2 aromatic rings. The van der Waals surface area contributed by atoms with E-state index in [0.717, 1.165) is 6.26 Å². The van der Waals surface area contributed by atoms with Gasteiger partial charge in [-0.3, -0.25) is 0 Å². The first-order chi connectivity index (χ1) is 8.79. The summed E-state index contributed by atoms with van der Waals surface area (Å²) in [6, 6.07) is 6.25. The zero-order chi connectivity index (χ0) is 14.2. The monoisotopic (exact) mass is 281 g/mol. The summed E-state index contributed by atoms with van der Waals surface area (Å²) in [5.41, 5.74) is 6.95. The number of hydrogen-bond acceptors (Lipinski definition) is 5. The lowest BCUT2D eigenvalue weighted by molar-refractivity contribution is 0.431. The highest BCUT2D eigenvalue weighted by atomic mass is 32.2. The number of nitrogens with two attached hydrogens (primary N) is 1. The van der Waals surface area contributed by atoms with Crippen LogP contribution in [0.4, 0.5) is 5.69 Å². The van der Waals surface area contributed by atoms with Crippen molar-refractivity contribution in [2.24, 2.45) is 7.05 Å². The summed E-state index contributed by atoms with van der Waals surface area (Å²) < 4.78 is 30.1. The first-order valence-corrected chi connectivity index (χ1v) is 7.45. The lowest BCUT2D eigenvalue weighted by Gasteiger charge is -2.07. The van der Waals surface area contributed by atoms with Crippen molar-refractivity contribution < 1.29 is 13.2 Å². The highest BCUT2D eigenvalue weighted by Gasteiger charge is 2.14. The number of aryl methyl sites for hydroxylation is 2. The number of nitrogens with zero attached hydrogens (tertiary/aromatic N) is 2. The standard InChI is InChI=1S/C12H15N3O3S/c1-8-11(13)12(15(2)14-8)18-9-5-4-6-10(7-9)19(3,16)17/h4-7H,13H2,1-3H3. The van der Waals surface area contributed by atoms with Crippen LogP contribution in [0.2, 0.25) is 0 Å². The second kappa shape index (κ2) is 4.58. The predicted molar refractivity (Wildman–Crippen MR) is 72.0 cm³/mol. The minimum Gasteiger partial charge on any atom is -0.437 e. The van der Waals surface area contributed by atoms with Gasteiger partial charge in [-0.25, -0.2) is 13.1 Å². The molecule has 0 amide bonds. The summed E-state index contributed by atoms with van der Waals surface area (Å²) in [5, 5.41) is 4.13. The van der Waals surface area contributed by atoms with Gasteiger partial charge in [0.1, 0.15) is 11.4 Å². The summed E-state index contributed by atoms with van der Waals surface area (Å²) >= 11 is 0. The van der Waals surface area contributed by atoms with Crippen molar-refractivity contribution in [3.05, 3.63) is 30.0 Å². The molecular weight excluding hydrogens is 266 g/mol. The fraction of sp³-hybridized carbons (Fsp3) is 0.250. The van der Waals surface area contributed by atoms with Gasteiger partial charge in [-0.15, -0.1) is 0 Å².